The van der Waals surface area contributed by atoms with Crippen LogP contribution in [0.3, 0.4) is 0 Å². The van der Waals surface area contributed by atoms with Gasteiger partial charge in [0.05, 0.1) is 38.6 Å². The number of benzene rings is 7. The van der Waals surface area contributed by atoms with Crippen molar-refractivity contribution in [1.29, 1.82) is 0 Å². The molecule has 0 aliphatic carbocycles. The van der Waals surface area contributed by atoms with Crippen molar-refractivity contribution in [2.45, 2.75) is 0 Å². The summed E-state index contributed by atoms with van der Waals surface area (Å²) in [6.45, 7) is 0. The molecule has 4 nitrogen and oxygen atoms in total. The number of para-hydroxylation sites is 6. The molecule has 0 fully saturated rings. The van der Waals surface area contributed by atoms with Crippen molar-refractivity contribution in [2.75, 3.05) is 0 Å². The van der Waals surface area contributed by atoms with Gasteiger partial charge in [-0.05, 0) is 78.2 Å². The highest BCUT2D eigenvalue weighted by atomic mass is 15.0. The van der Waals surface area contributed by atoms with E-state index in [0.29, 0.717) is 0 Å². The quantitative estimate of drug-likeness (QED) is 0.182. The lowest BCUT2D eigenvalue weighted by molar-refractivity contribution is 1.18. The first-order valence-electron chi connectivity index (χ1n) is 16.1. The zero-order valence-electron chi connectivity index (χ0n) is 25.3. The maximum Gasteiger partial charge on any atom is 0.146 e. The number of aromatic nitrogens is 4. The van der Waals surface area contributed by atoms with Crippen LogP contribution in [-0.4, -0.2) is 18.5 Å². The maximum absolute atomic E-state index is 5.29. The monoisotopic (exact) mass is 598 g/mol. The zero-order chi connectivity index (χ0) is 30.6. The van der Waals surface area contributed by atoms with E-state index >= 15 is 0 Å². The fourth-order valence-electron chi connectivity index (χ4n) is 8.08. The van der Waals surface area contributed by atoms with Crippen LogP contribution >= 0.6 is 0 Å². The van der Waals surface area contributed by atoms with Crippen LogP contribution in [0.25, 0.3) is 93.3 Å². The molecular weight excluding hydrogens is 573 g/mol. The van der Waals surface area contributed by atoms with Crippen LogP contribution in [0.2, 0.25) is 0 Å². The number of hydrogen-bond acceptors (Lipinski definition) is 1. The third-order valence-electron chi connectivity index (χ3n) is 9.97. The number of rotatable bonds is 2. The minimum absolute atomic E-state index is 0.985. The fraction of sp³-hybridized carbons (Fsp3) is 0. The molecule has 0 bridgehead atoms. The lowest BCUT2D eigenvalue weighted by atomic mass is 9.99. The van der Waals surface area contributed by atoms with Crippen LogP contribution in [0.4, 0.5) is 0 Å². The molecule has 0 spiro atoms. The molecule has 4 heteroatoms. The summed E-state index contributed by atoms with van der Waals surface area (Å²) in [5.41, 5.74) is 11.4. The Morgan fingerprint density at radius 3 is 1.64 bits per heavy atom. The molecule has 11 aromatic rings. The third-order valence-corrected chi connectivity index (χ3v) is 9.97. The molecule has 0 saturated carbocycles. The van der Waals surface area contributed by atoms with Crippen LogP contribution < -0.4 is 0 Å². The first-order valence-corrected chi connectivity index (χ1v) is 16.1. The van der Waals surface area contributed by atoms with Gasteiger partial charge in [-0.2, -0.15) is 0 Å². The molecule has 4 heterocycles. The molecule has 0 aliphatic rings. The first-order chi connectivity index (χ1) is 23.3. The van der Waals surface area contributed by atoms with Crippen LogP contribution in [0, 0.1) is 0 Å². The second kappa shape index (κ2) is 9.09. The Labute approximate surface area is 268 Å². The SMILES string of the molecule is c1ccc(-n2c3ccccc3c3cc4c(cc32)c2c3c5ccccc5n(-c5ccccc5)c3ccc2n2c3ccccc3nc42)cc1. The minimum Gasteiger partial charge on any atom is -0.309 e. The van der Waals surface area contributed by atoms with Gasteiger partial charge in [0.1, 0.15) is 5.65 Å². The van der Waals surface area contributed by atoms with Gasteiger partial charge in [-0.3, -0.25) is 4.40 Å². The van der Waals surface area contributed by atoms with Crippen molar-refractivity contribution >= 4 is 82.0 Å². The summed E-state index contributed by atoms with van der Waals surface area (Å²) in [5, 5.41) is 8.56. The van der Waals surface area contributed by atoms with Gasteiger partial charge in [0.15, 0.2) is 0 Å². The average Bonchev–Trinajstić information content (AvgIpc) is 3.79. The van der Waals surface area contributed by atoms with Crippen molar-refractivity contribution < 1.29 is 0 Å². The number of pyridine rings is 1. The summed E-state index contributed by atoms with van der Waals surface area (Å²) in [6.07, 6.45) is 0. The van der Waals surface area contributed by atoms with Crippen molar-refractivity contribution in [1.82, 2.24) is 18.5 Å². The van der Waals surface area contributed by atoms with Crippen LogP contribution in [0.15, 0.2) is 158 Å². The van der Waals surface area contributed by atoms with Gasteiger partial charge < -0.3 is 9.13 Å². The smallest absolute Gasteiger partial charge is 0.146 e. The fourth-order valence-corrected chi connectivity index (χ4v) is 8.08. The Morgan fingerprint density at radius 2 is 0.894 bits per heavy atom. The number of hydrogen-bond donors (Lipinski definition) is 0. The standard InChI is InChI=1S/C43H26N4/c1-3-13-27(14-4-1)45-36-21-11-8-18-30(36)41-38(45)23-24-39-42(41)32-26-40-31(25-33(32)43-44-34-19-9-12-22-37(34)47(39)43)29-17-7-10-20-35(29)46(40)28-15-5-2-6-16-28/h1-26H. The lowest BCUT2D eigenvalue weighted by Crippen LogP contribution is -1.96. The van der Waals surface area contributed by atoms with Gasteiger partial charge in [0.25, 0.3) is 0 Å². The average molecular weight is 599 g/mol. The molecule has 4 aromatic heterocycles. The van der Waals surface area contributed by atoms with E-state index in [2.05, 4.69) is 171 Å². The summed E-state index contributed by atoms with van der Waals surface area (Å²) < 4.78 is 7.20. The molecule has 0 amide bonds. The molecule has 47 heavy (non-hydrogen) atoms. The molecule has 0 N–H and O–H groups in total. The van der Waals surface area contributed by atoms with Crippen molar-refractivity contribution in [2.24, 2.45) is 0 Å². The Hall–Kier alpha value is -6.39. The predicted octanol–water partition coefficient (Wildman–Crippen LogP) is 11.0. The van der Waals surface area contributed by atoms with Gasteiger partial charge in [0, 0.05) is 43.7 Å². The van der Waals surface area contributed by atoms with Gasteiger partial charge in [-0.25, -0.2) is 4.98 Å². The van der Waals surface area contributed by atoms with E-state index in [1.807, 2.05) is 0 Å². The summed E-state index contributed by atoms with van der Waals surface area (Å²) in [6, 6.07) is 56.9. The molecule has 0 unspecified atom stereocenters. The molecule has 218 valence electrons. The Kier molecular flexibility index (Phi) is 4.81. The van der Waals surface area contributed by atoms with Crippen molar-refractivity contribution in [3.63, 3.8) is 0 Å². The first kappa shape index (κ1) is 24.9. The third kappa shape index (κ3) is 3.23. The van der Waals surface area contributed by atoms with Gasteiger partial charge in [-0.1, -0.05) is 84.9 Å². The number of imidazole rings is 1. The van der Waals surface area contributed by atoms with E-state index in [1.165, 1.54) is 54.4 Å². The summed E-state index contributed by atoms with van der Waals surface area (Å²) in [7, 11) is 0. The predicted molar refractivity (Wildman–Crippen MR) is 196 cm³/mol. The van der Waals surface area contributed by atoms with Gasteiger partial charge in [0.2, 0.25) is 0 Å². The highest BCUT2D eigenvalue weighted by Crippen LogP contribution is 2.44. The van der Waals surface area contributed by atoms with Crippen LogP contribution in [0.5, 0.6) is 0 Å². The second-order valence-corrected chi connectivity index (χ2v) is 12.4. The Balaban J connectivity index is 1.44. The van der Waals surface area contributed by atoms with E-state index in [-0.39, 0.29) is 0 Å². The summed E-state index contributed by atoms with van der Waals surface area (Å²) in [5.74, 6) is 0. The van der Waals surface area contributed by atoms with E-state index < -0.39 is 0 Å². The maximum atomic E-state index is 5.29. The van der Waals surface area contributed by atoms with Gasteiger partial charge in [-0.15, -0.1) is 0 Å². The van der Waals surface area contributed by atoms with Crippen LogP contribution in [-0.2, 0) is 0 Å². The molecular formula is C43H26N4. The molecule has 0 aliphatic heterocycles. The molecule has 0 radical (unpaired) electrons. The van der Waals surface area contributed by atoms with E-state index in [9.17, 15) is 0 Å². The lowest BCUT2D eigenvalue weighted by Gasteiger charge is -2.13. The molecule has 11 rings (SSSR count). The largest absolute Gasteiger partial charge is 0.309 e. The van der Waals surface area contributed by atoms with Crippen LogP contribution in [0.1, 0.15) is 0 Å². The Bertz CT molecular complexity index is 3050. The number of nitrogens with zero attached hydrogens (tertiary/aromatic N) is 4. The van der Waals surface area contributed by atoms with Gasteiger partial charge >= 0.3 is 0 Å². The molecule has 7 aromatic carbocycles. The normalized spacial score (nSPS) is 12.3. The number of fused-ring (bicyclic) bond motifs is 15. The van der Waals surface area contributed by atoms with E-state index in [1.54, 1.807) is 0 Å². The van der Waals surface area contributed by atoms with E-state index in [0.717, 1.165) is 39.0 Å². The van der Waals surface area contributed by atoms with E-state index in [4.69, 9.17) is 4.98 Å². The summed E-state index contributed by atoms with van der Waals surface area (Å²) >= 11 is 0. The second-order valence-electron chi connectivity index (χ2n) is 12.4. The van der Waals surface area contributed by atoms with Crippen molar-refractivity contribution in [3.05, 3.63) is 158 Å². The highest BCUT2D eigenvalue weighted by molar-refractivity contribution is 6.31. The highest BCUT2D eigenvalue weighted by Gasteiger charge is 2.22. The molecule has 0 atom stereocenters. The topological polar surface area (TPSA) is 27.2 Å². The Morgan fingerprint density at radius 1 is 0.340 bits per heavy atom. The summed E-state index contributed by atoms with van der Waals surface area (Å²) in [4.78, 5) is 5.29. The minimum atomic E-state index is 0.985. The zero-order valence-corrected chi connectivity index (χ0v) is 25.3. The molecule has 0 saturated heterocycles. The van der Waals surface area contributed by atoms with Crippen molar-refractivity contribution in [3.8, 4) is 11.4 Å².